The van der Waals surface area contributed by atoms with Crippen molar-refractivity contribution in [1.29, 1.82) is 0 Å². The fourth-order valence-electron chi connectivity index (χ4n) is 1.33. The van der Waals surface area contributed by atoms with E-state index in [4.69, 9.17) is 0 Å². The average molecular weight is 213 g/mol. The second-order valence-electron chi connectivity index (χ2n) is 3.32. The summed E-state index contributed by atoms with van der Waals surface area (Å²) in [5.41, 5.74) is 0.673. The van der Waals surface area contributed by atoms with Crippen molar-refractivity contribution in [3.8, 4) is 0 Å². The van der Waals surface area contributed by atoms with Gasteiger partial charge in [0.05, 0.1) is 10.6 Å². The van der Waals surface area contributed by atoms with Crippen LogP contribution in [0.25, 0.3) is 18.7 Å². The van der Waals surface area contributed by atoms with Crippen LogP contribution >= 0.6 is 0 Å². The summed E-state index contributed by atoms with van der Waals surface area (Å²) in [5.74, 6) is 0. The highest BCUT2D eigenvalue weighted by Crippen LogP contribution is 2.00. The minimum Gasteiger partial charge on any atom is -0.338 e. The normalized spacial score (nSPS) is 12.4. The summed E-state index contributed by atoms with van der Waals surface area (Å²) >= 11 is 0. The summed E-state index contributed by atoms with van der Waals surface area (Å²) in [4.78, 5) is 11.2. The third-order valence-corrected chi connectivity index (χ3v) is 2.16. The van der Waals surface area contributed by atoms with E-state index in [-0.39, 0.29) is 0 Å². The third kappa shape index (κ3) is 2.20. The molecule has 0 unspecified atom stereocenters. The smallest absolute Gasteiger partial charge is 0.338 e. The molecular formula is C13H11NO2. The first-order valence-corrected chi connectivity index (χ1v) is 4.87. The Balaban J connectivity index is 2.32. The number of H-pyrrole nitrogens is 1. The third-order valence-electron chi connectivity index (χ3n) is 2.16. The first-order chi connectivity index (χ1) is 7.77. The van der Waals surface area contributed by atoms with Crippen LogP contribution < -0.4 is 16.2 Å². The van der Waals surface area contributed by atoms with Crippen molar-refractivity contribution in [2.45, 2.75) is 0 Å². The van der Waals surface area contributed by atoms with Gasteiger partial charge in [0.2, 0.25) is 0 Å². The van der Waals surface area contributed by atoms with Crippen molar-refractivity contribution < 1.29 is 4.52 Å². The van der Waals surface area contributed by atoms with Crippen LogP contribution in [0.4, 0.5) is 0 Å². The molecule has 2 rings (SSSR count). The summed E-state index contributed by atoms with van der Waals surface area (Å²) in [7, 11) is 0. The lowest BCUT2D eigenvalue weighted by Gasteiger charge is -1.87. The number of aromatic amines is 1. The zero-order valence-corrected chi connectivity index (χ0v) is 8.64. The summed E-state index contributed by atoms with van der Waals surface area (Å²) < 4.78 is 4.59. The number of benzene rings is 1. The van der Waals surface area contributed by atoms with E-state index in [1.54, 1.807) is 12.2 Å². The van der Waals surface area contributed by atoms with Gasteiger partial charge in [-0.25, -0.2) is 9.95 Å². The van der Waals surface area contributed by atoms with Gasteiger partial charge < -0.3 is 4.52 Å². The van der Waals surface area contributed by atoms with Gasteiger partial charge in [-0.15, -0.1) is 0 Å². The van der Waals surface area contributed by atoms with Crippen LogP contribution in [0.3, 0.4) is 0 Å². The number of hydrogen-bond acceptors (Lipinski definition) is 2. The molecule has 2 aromatic rings. The first kappa shape index (κ1) is 10.2. The Kier molecular flexibility index (Phi) is 2.87. The van der Waals surface area contributed by atoms with Gasteiger partial charge in [0.25, 0.3) is 0 Å². The maximum atomic E-state index is 11.2. The zero-order chi connectivity index (χ0) is 11.4. The summed E-state index contributed by atoms with van der Waals surface area (Å²) in [6.07, 6.45) is 5.38. The minimum absolute atomic E-state index is 0.400. The Morgan fingerprint density at radius 2 is 2.00 bits per heavy atom. The van der Waals surface area contributed by atoms with E-state index in [2.05, 4.69) is 16.3 Å². The van der Waals surface area contributed by atoms with E-state index in [0.29, 0.717) is 10.6 Å². The lowest BCUT2D eigenvalue weighted by atomic mass is 10.2. The van der Waals surface area contributed by atoms with E-state index in [1.165, 1.54) is 0 Å². The van der Waals surface area contributed by atoms with Crippen LogP contribution in [0, 0.1) is 0 Å². The van der Waals surface area contributed by atoms with Gasteiger partial charge in [0, 0.05) is 0 Å². The van der Waals surface area contributed by atoms with Gasteiger partial charge in [0.15, 0.2) is 0 Å². The Labute approximate surface area is 92.0 Å². The predicted molar refractivity (Wildman–Crippen MR) is 64.0 cm³/mol. The van der Waals surface area contributed by atoms with Gasteiger partial charge in [-0.3, -0.25) is 0 Å². The Morgan fingerprint density at radius 1 is 1.25 bits per heavy atom. The van der Waals surface area contributed by atoms with E-state index < -0.39 is 5.63 Å². The number of hydrogen-bond donors (Lipinski definition) is 1. The highest BCUT2D eigenvalue weighted by Gasteiger charge is 1.91. The molecular weight excluding hydrogens is 202 g/mol. The zero-order valence-electron chi connectivity index (χ0n) is 8.64. The fraction of sp³-hybridized carbons (Fsp3) is 0. The van der Waals surface area contributed by atoms with Crippen molar-refractivity contribution >= 4 is 18.7 Å². The number of aromatic nitrogens is 1. The van der Waals surface area contributed by atoms with Crippen molar-refractivity contribution in [1.82, 2.24) is 5.16 Å². The number of nitrogens with one attached hydrogen (secondary N) is 1. The van der Waals surface area contributed by atoms with Gasteiger partial charge in [0.1, 0.15) is 0 Å². The predicted octanol–water partition coefficient (Wildman–Crippen LogP) is 0.872. The Hall–Kier alpha value is -2.29. The van der Waals surface area contributed by atoms with Gasteiger partial charge in [-0.1, -0.05) is 49.1 Å². The fourth-order valence-corrected chi connectivity index (χ4v) is 1.33. The quantitative estimate of drug-likeness (QED) is 0.804. The molecule has 16 heavy (non-hydrogen) atoms. The molecule has 3 heteroatoms. The van der Waals surface area contributed by atoms with E-state index in [0.717, 1.165) is 5.56 Å². The monoisotopic (exact) mass is 213 g/mol. The topological polar surface area (TPSA) is 46.0 Å². The van der Waals surface area contributed by atoms with Crippen LogP contribution in [-0.4, -0.2) is 5.16 Å². The second-order valence-corrected chi connectivity index (χ2v) is 3.32. The molecule has 1 aromatic heterocycles. The molecule has 0 aliphatic carbocycles. The molecule has 0 aliphatic heterocycles. The highest BCUT2D eigenvalue weighted by molar-refractivity contribution is 5.57. The average Bonchev–Trinajstić information content (AvgIpc) is 2.62. The van der Waals surface area contributed by atoms with Gasteiger partial charge in [-0.05, 0) is 11.6 Å². The molecule has 0 saturated carbocycles. The van der Waals surface area contributed by atoms with Crippen molar-refractivity contribution in [3.05, 3.63) is 63.0 Å². The molecule has 0 saturated heterocycles. The Bertz CT molecular complexity index is 617. The van der Waals surface area contributed by atoms with E-state index in [9.17, 15) is 4.79 Å². The minimum atomic E-state index is -0.400. The second kappa shape index (κ2) is 4.49. The maximum absolute atomic E-state index is 11.2. The summed E-state index contributed by atoms with van der Waals surface area (Å²) in [6.45, 7) is 3.65. The molecule has 0 fully saturated rings. The molecule has 0 spiro atoms. The summed E-state index contributed by atoms with van der Waals surface area (Å²) in [5, 5.41) is 3.36. The van der Waals surface area contributed by atoms with E-state index in [1.807, 2.05) is 36.4 Å². The standard InChI is InChI=1S/C13H11NO2/c1-10-12(13(15)16-14-10)9-5-8-11-6-3-2-4-7-11/h2-9,14H,1H2. The first-order valence-electron chi connectivity index (χ1n) is 4.87. The van der Waals surface area contributed by atoms with Gasteiger partial charge >= 0.3 is 5.63 Å². The van der Waals surface area contributed by atoms with Crippen molar-refractivity contribution in [3.63, 3.8) is 0 Å². The maximum Gasteiger partial charge on any atom is 0.364 e. The molecule has 3 nitrogen and oxygen atoms in total. The van der Waals surface area contributed by atoms with Crippen LogP contribution in [0.2, 0.25) is 0 Å². The molecule has 80 valence electrons. The van der Waals surface area contributed by atoms with Crippen LogP contribution in [-0.2, 0) is 0 Å². The largest absolute Gasteiger partial charge is 0.364 e. The highest BCUT2D eigenvalue weighted by atomic mass is 16.5. The molecule has 0 aliphatic rings. The van der Waals surface area contributed by atoms with Crippen LogP contribution in [0.5, 0.6) is 0 Å². The molecule has 0 radical (unpaired) electrons. The number of allylic oxidation sites excluding steroid dienone is 1. The van der Waals surface area contributed by atoms with E-state index >= 15 is 0 Å². The molecule has 1 N–H and O–H groups in total. The van der Waals surface area contributed by atoms with Crippen molar-refractivity contribution in [2.24, 2.45) is 0 Å². The molecule has 1 aromatic carbocycles. The number of rotatable bonds is 2. The molecule has 0 atom stereocenters. The van der Waals surface area contributed by atoms with Gasteiger partial charge in [-0.2, -0.15) is 0 Å². The lowest BCUT2D eigenvalue weighted by molar-refractivity contribution is 0.386. The van der Waals surface area contributed by atoms with Crippen LogP contribution in [0.1, 0.15) is 5.56 Å². The molecule has 1 heterocycles. The SMILES string of the molecule is C=c1[nH]oc(=O)c1=CC=Cc1ccccc1. The lowest BCUT2D eigenvalue weighted by Crippen LogP contribution is -2.30. The molecule has 0 amide bonds. The Morgan fingerprint density at radius 3 is 2.62 bits per heavy atom. The van der Waals surface area contributed by atoms with Crippen molar-refractivity contribution in [2.75, 3.05) is 0 Å². The molecule has 0 bridgehead atoms. The van der Waals surface area contributed by atoms with Crippen LogP contribution in [0.15, 0.2) is 45.7 Å². The summed E-state index contributed by atoms with van der Waals surface area (Å²) in [6, 6.07) is 9.83.